The van der Waals surface area contributed by atoms with Crippen LogP contribution in [0.15, 0.2) is 35.5 Å². The Morgan fingerprint density at radius 2 is 1.78 bits per heavy atom. The monoisotopic (exact) mass is 748 g/mol. The molecule has 2 aromatic carbocycles. The number of carbonyl (C=O) groups excluding carboxylic acids is 6. The van der Waals surface area contributed by atoms with Gasteiger partial charge in [0.2, 0.25) is 5.91 Å². The Hall–Kier alpha value is -5.17. The molecule has 17 heteroatoms. The van der Waals surface area contributed by atoms with Crippen LogP contribution in [-0.4, -0.2) is 115 Å². The van der Waals surface area contributed by atoms with E-state index in [0.29, 0.717) is 25.5 Å². The summed E-state index contributed by atoms with van der Waals surface area (Å²) >= 11 is 0. The second-order valence-electron chi connectivity index (χ2n) is 13.8. The molecule has 2 heterocycles. The number of aliphatic hydroxyl groups excluding tert-OH is 2. The molecule has 6 rings (SSSR count). The summed E-state index contributed by atoms with van der Waals surface area (Å²) in [7, 11) is 0. The summed E-state index contributed by atoms with van der Waals surface area (Å²) in [6.07, 6.45) is -1.41. The third-order valence-electron chi connectivity index (χ3n) is 10.3. The lowest BCUT2D eigenvalue weighted by molar-refractivity contribution is -0.245. The molecule has 286 valence electrons. The van der Waals surface area contributed by atoms with E-state index in [-0.39, 0.29) is 52.9 Å². The summed E-state index contributed by atoms with van der Waals surface area (Å²) in [6.45, 7) is 0.866. The van der Waals surface area contributed by atoms with E-state index in [1.54, 1.807) is 6.92 Å². The number of aliphatic hydroxyl groups is 3. The second-order valence-corrected chi connectivity index (χ2v) is 13.8. The van der Waals surface area contributed by atoms with Gasteiger partial charge in [-0.3, -0.25) is 33.7 Å². The molecule has 1 saturated heterocycles. The van der Waals surface area contributed by atoms with Crippen molar-refractivity contribution in [3.05, 3.63) is 69.3 Å². The lowest BCUT2D eigenvalue weighted by Crippen LogP contribution is -2.53. The number of fused-ring (bicyclic) bond motifs is 3. The normalized spacial score (nSPS) is 26.4. The highest BCUT2D eigenvalue weighted by Gasteiger charge is 2.49. The first kappa shape index (κ1) is 38.6. The fraction of sp³-hybridized carbons (Fsp3) is 0.432. The van der Waals surface area contributed by atoms with E-state index < -0.39 is 108 Å². The van der Waals surface area contributed by atoms with Crippen molar-refractivity contribution < 1.29 is 63.8 Å². The Balaban J connectivity index is 1.29. The molecule has 0 bridgehead atoms. The molecule has 0 radical (unpaired) electrons. The summed E-state index contributed by atoms with van der Waals surface area (Å²) in [5.41, 5.74) is 3.80. The minimum absolute atomic E-state index is 0.0249. The first-order valence-corrected chi connectivity index (χ1v) is 17.5. The van der Waals surface area contributed by atoms with Crippen molar-refractivity contribution in [1.29, 1.82) is 0 Å². The maximum Gasteiger partial charge on any atom is 0.253 e. The van der Waals surface area contributed by atoms with Gasteiger partial charge in [-0.2, -0.15) is 5.10 Å². The second kappa shape index (κ2) is 15.3. The van der Waals surface area contributed by atoms with Gasteiger partial charge in [0.05, 0.1) is 41.8 Å². The average molecular weight is 749 g/mol. The van der Waals surface area contributed by atoms with Crippen LogP contribution in [0.5, 0.6) is 11.5 Å². The molecule has 5 unspecified atom stereocenters. The van der Waals surface area contributed by atoms with Gasteiger partial charge < -0.3 is 40.7 Å². The molecule has 0 saturated carbocycles. The number of imide groups is 1. The number of hydrazone groups is 1. The van der Waals surface area contributed by atoms with Crippen LogP contribution in [0.25, 0.3) is 0 Å². The number of nitrogens with zero attached hydrogens (tertiary/aromatic N) is 2. The van der Waals surface area contributed by atoms with Gasteiger partial charge in [0.15, 0.2) is 24.1 Å². The number of ketones is 2. The van der Waals surface area contributed by atoms with E-state index in [1.807, 2.05) is 0 Å². The number of ether oxygens (including phenoxy) is 2. The molecule has 17 nitrogen and oxygen atoms in total. The number of aromatic hydroxyl groups is 2. The lowest BCUT2D eigenvalue weighted by atomic mass is 9.71. The van der Waals surface area contributed by atoms with Gasteiger partial charge in [-0.25, -0.2) is 5.43 Å². The molecule has 8 N–H and O–H groups in total. The van der Waals surface area contributed by atoms with Crippen molar-refractivity contribution >= 4 is 41.3 Å². The largest absolute Gasteiger partial charge is 0.507 e. The summed E-state index contributed by atoms with van der Waals surface area (Å²) in [4.78, 5) is 76.7. The number of rotatable bonds is 12. The Labute approximate surface area is 308 Å². The fourth-order valence-corrected chi connectivity index (χ4v) is 7.45. The van der Waals surface area contributed by atoms with Gasteiger partial charge in [-0.15, -0.1) is 0 Å². The molecular formula is C37H40N4O13. The first-order valence-electron chi connectivity index (χ1n) is 17.5. The van der Waals surface area contributed by atoms with E-state index in [2.05, 4.69) is 10.5 Å². The topological polar surface area (TPSA) is 276 Å². The van der Waals surface area contributed by atoms with Crippen LogP contribution in [0.4, 0.5) is 0 Å². The van der Waals surface area contributed by atoms with Crippen molar-refractivity contribution in [1.82, 2.24) is 10.3 Å². The Morgan fingerprint density at radius 1 is 1.07 bits per heavy atom. The number of hydrogen-bond acceptors (Lipinski definition) is 15. The summed E-state index contributed by atoms with van der Waals surface area (Å²) < 4.78 is 12.0. The van der Waals surface area contributed by atoms with E-state index in [1.165, 1.54) is 30.4 Å². The SMILES string of the molecule is CC1OC(O[C@H]2CC(O)(/C(CO)=N/NC(=O)CCCCCN3C(=O)C=CC3=O)Cc3c(O)c4c(c(O)c32)C(=O)c2c(C=O)cccc2C4=O)CC(N)C1O. The molecule has 6 atom stereocenters. The van der Waals surface area contributed by atoms with Crippen LogP contribution in [0.2, 0.25) is 0 Å². The van der Waals surface area contributed by atoms with Gasteiger partial charge in [0, 0.05) is 78.2 Å². The molecule has 0 spiro atoms. The number of phenols is 2. The number of nitrogens with two attached hydrogens (primary N) is 1. The third-order valence-corrected chi connectivity index (χ3v) is 10.3. The Kier molecular flexibility index (Phi) is 10.9. The molecular weight excluding hydrogens is 708 g/mol. The zero-order chi connectivity index (χ0) is 39.1. The molecule has 2 aromatic rings. The maximum absolute atomic E-state index is 13.9. The average Bonchev–Trinajstić information content (AvgIpc) is 3.46. The predicted octanol–water partition coefficient (Wildman–Crippen LogP) is 0.194. The van der Waals surface area contributed by atoms with Crippen molar-refractivity contribution in [2.45, 2.75) is 88.1 Å². The van der Waals surface area contributed by atoms with E-state index in [0.717, 1.165) is 4.90 Å². The van der Waals surface area contributed by atoms with Crippen LogP contribution in [-0.2, 0) is 30.3 Å². The van der Waals surface area contributed by atoms with Crippen LogP contribution in [0.3, 0.4) is 0 Å². The predicted molar refractivity (Wildman–Crippen MR) is 185 cm³/mol. The van der Waals surface area contributed by atoms with Crippen molar-refractivity contribution in [2.24, 2.45) is 10.8 Å². The number of aldehydes is 1. The summed E-state index contributed by atoms with van der Waals surface area (Å²) in [5, 5.41) is 60.3. The number of carbonyl (C=O) groups is 6. The van der Waals surface area contributed by atoms with Crippen LogP contribution >= 0.6 is 0 Å². The number of hydrogen-bond donors (Lipinski definition) is 7. The number of phenolic OH excluding ortho intramolecular Hbond substituents is 2. The summed E-state index contributed by atoms with van der Waals surface area (Å²) in [5.74, 6) is -4.64. The van der Waals surface area contributed by atoms with Crippen LogP contribution < -0.4 is 11.2 Å². The minimum Gasteiger partial charge on any atom is -0.507 e. The highest BCUT2D eigenvalue weighted by molar-refractivity contribution is 6.32. The van der Waals surface area contributed by atoms with E-state index >= 15 is 0 Å². The van der Waals surface area contributed by atoms with Crippen LogP contribution in [0, 0.1) is 0 Å². The third kappa shape index (κ3) is 6.97. The molecule has 54 heavy (non-hydrogen) atoms. The molecule has 0 aromatic heterocycles. The zero-order valence-electron chi connectivity index (χ0n) is 29.2. The van der Waals surface area contributed by atoms with Gasteiger partial charge in [-0.1, -0.05) is 24.6 Å². The van der Waals surface area contributed by atoms with Gasteiger partial charge in [0.25, 0.3) is 11.8 Å². The maximum atomic E-state index is 13.9. The van der Waals surface area contributed by atoms with Crippen molar-refractivity contribution in [3.63, 3.8) is 0 Å². The zero-order valence-corrected chi connectivity index (χ0v) is 29.2. The quantitative estimate of drug-likeness (QED) is 0.0326. The standard InChI is InChI=1S/C37H40N4O13/c1-17-32(47)21(38)12-27(53-17)54-22-14-37(52,23(16-43)39-40-24(44)8-3-2-4-11-41-25(45)9-10-26(41)46)13-20-29(22)36(51)31-30(34(20)49)33(48)19-7-5-6-18(15-42)28(19)35(31)50/h5-7,9-10,15,17,21-22,27,32,43,47,49,51-52H,2-4,8,11-14,16,38H2,1H3,(H,40,44)/b39-23+/t17?,21?,22-,27?,32?,37?/m0/s1. The molecule has 1 fully saturated rings. The number of amides is 3. The van der Waals surface area contributed by atoms with E-state index in [4.69, 9.17) is 15.2 Å². The highest BCUT2D eigenvalue weighted by atomic mass is 16.7. The van der Waals surface area contributed by atoms with Crippen molar-refractivity contribution in [2.75, 3.05) is 13.2 Å². The molecule has 2 aliphatic carbocycles. The molecule has 4 aliphatic rings. The minimum atomic E-state index is -2.19. The number of nitrogens with one attached hydrogen (secondary N) is 1. The number of unbranched alkanes of at least 4 members (excludes halogenated alkanes) is 2. The van der Waals surface area contributed by atoms with Crippen LogP contribution in [0.1, 0.15) is 105 Å². The van der Waals surface area contributed by atoms with E-state index in [9.17, 15) is 54.3 Å². The smallest absolute Gasteiger partial charge is 0.253 e. The van der Waals surface area contributed by atoms with Gasteiger partial charge in [-0.05, 0) is 19.8 Å². The highest BCUT2D eigenvalue weighted by Crippen LogP contribution is 2.52. The number of benzene rings is 2. The van der Waals surface area contributed by atoms with Gasteiger partial charge >= 0.3 is 0 Å². The molecule has 3 amide bonds. The van der Waals surface area contributed by atoms with Gasteiger partial charge in [0.1, 0.15) is 17.1 Å². The Bertz CT molecular complexity index is 1960. The fourth-order valence-electron chi connectivity index (χ4n) is 7.45. The summed E-state index contributed by atoms with van der Waals surface area (Å²) in [6, 6.07) is 3.22. The Morgan fingerprint density at radius 3 is 2.44 bits per heavy atom. The molecule has 2 aliphatic heterocycles. The first-order chi connectivity index (χ1) is 25.7. The lowest BCUT2D eigenvalue weighted by Gasteiger charge is -2.43. The van der Waals surface area contributed by atoms with Crippen molar-refractivity contribution in [3.8, 4) is 11.5 Å².